The normalized spacial score (nSPS) is 11.2. The van der Waals surface area contributed by atoms with E-state index in [4.69, 9.17) is 20.2 Å². The van der Waals surface area contributed by atoms with Crippen molar-refractivity contribution in [2.75, 3.05) is 26.9 Å². The topological polar surface area (TPSA) is 81.7 Å². The van der Waals surface area contributed by atoms with Crippen molar-refractivity contribution in [1.29, 1.82) is 0 Å². The predicted molar refractivity (Wildman–Crippen MR) is 74.9 cm³/mol. The van der Waals surface area contributed by atoms with Gasteiger partial charge < -0.3 is 14.8 Å². The van der Waals surface area contributed by atoms with Crippen molar-refractivity contribution < 1.29 is 22.7 Å². The van der Waals surface area contributed by atoms with Gasteiger partial charge >= 0.3 is 0 Å². The summed E-state index contributed by atoms with van der Waals surface area (Å²) in [7, 11) is 2.86. The van der Waals surface area contributed by atoms with Crippen LogP contribution in [0.4, 0.5) is 0 Å². The van der Waals surface area contributed by atoms with E-state index < -0.39 is 15.0 Å². The maximum absolute atomic E-state index is 11.8. The van der Waals surface area contributed by atoms with E-state index in [9.17, 15) is 13.2 Å². The number of halogens is 1. The SMILES string of the molecule is CCOc1ccc(C(=O)NCCOC)cc1S(=O)(=O)Cl. The van der Waals surface area contributed by atoms with E-state index in [1.165, 1.54) is 25.3 Å². The average molecular weight is 322 g/mol. The van der Waals surface area contributed by atoms with Crippen LogP contribution >= 0.6 is 10.7 Å². The number of nitrogens with one attached hydrogen (secondary N) is 1. The molecule has 0 aliphatic rings. The van der Waals surface area contributed by atoms with Gasteiger partial charge in [-0.05, 0) is 25.1 Å². The maximum atomic E-state index is 11.8. The molecule has 1 amide bonds. The summed E-state index contributed by atoms with van der Waals surface area (Å²) >= 11 is 0. The minimum Gasteiger partial charge on any atom is -0.492 e. The Morgan fingerprint density at radius 1 is 1.40 bits per heavy atom. The Labute approximate surface area is 122 Å². The molecule has 0 atom stereocenters. The number of methoxy groups -OCH3 is 1. The van der Waals surface area contributed by atoms with Crippen LogP contribution in [-0.2, 0) is 13.8 Å². The summed E-state index contributed by atoms with van der Waals surface area (Å²) in [4.78, 5) is 11.6. The Balaban J connectivity index is 3.03. The van der Waals surface area contributed by atoms with Crippen molar-refractivity contribution in [3.05, 3.63) is 23.8 Å². The van der Waals surface area contributed by atoms with Crippen LogP contribution in [0.2, 0.25) is 0 Å². The Morgan fingerprint density at radius 2 is 2.10 bits per heavy atom. The highest BCUT2D eigenvalue weighted by atomic mass is 35.7. The molecule has 0 saturated heterocycles. The number of rotatable bonds is 7. The second-order valence-corrected chi connectivity index (χ2v) is 6.32. The summed E-state index contributed by atoms with van der Waals surface area (Å²) in [6.45, 7) is 2.70. The van der Waals surface area contributed by atoms with Gasteiger partial charge in [0.05, 0.1) is 13.2 Å². The summed E-state index contributed by atoms with van der Waals surface area (Å²) in [5, 5.41) is 2.59. The molecule has 0 aliphatic carbocycles. The number of amides is 1. The van der Waals surface area contributed by atoms with Gasteiger partial charge in [0.1, 0.15) is 10.6 Å². The first-order valence-corrected chi connectivity index (χ1v) is 8.19. The lowest BCUT2D eigenvalue weighted by molar-refractivity contribution is 0.0937. The monoisotopic (exact) mass is 321 g/mol. The summed E-state index contributed by atoms with van der Waals surface area (Å²) in [6, 6.07) is 4.07. The average Bonchev–Trinajstić information content (AvgIpc) is 2.38. The molecule has 0 aromatic heterocycles. The van der Waals surface area contributed by atoms with Gasteiger partial charge in [0.15, 0.2) is 0 Å². The molecule has 1 N–H and O–H groups in total. The van der Waals surface area contributed by atoms with Gasteiger partial charge in [-0.1, -0.05) is 0 Å². The van der Waals surface area contributed by atoms with E-state index in [0.29, 0.717) is 19.8 Å². The summed E-state index contributed by atoms with van der Waals surface area (Å²) in [5.74, 6) is -0.289. The zero-order valence-electron chi connectivity index (χ0n) is 11.2. The fourth-order valence-corrected chi connectivity index (χ4v) is 2.48. The predicted octanol–water partition coefficient (Wildman–Crippen LogP) is 1.39. The van der Waals surface area contributed by atoms with Crippen molar-refractivity contribution in [2.45, 2.75) is 11.8 Å². The molecule has 0 spiro atoms. The van der Waals surface area contributed by atoms with Gasteiger partial charge in [-0.15, -0.1) is 0 Å². The molecular formula is C12H16ClNO5S. The van der Waals surface area contributed by atoms with Gasteiger partial charge in [-0.2, -0.15) is 0 Å². The lowest BCUT2D eigenvalue weighted by Gasteiger charge is -2.10. The van der Waals surface area contributed by atoms with E-state index >= 15 is 0 Å². The fraction of sp³-hybridized carbons (Fsp3) is 0.417. The zero-order valence-corrected chi connectivity index (χ0v) is 12.8. The lowest BCUT2D eigenvalue weighted by Crippen LogP contribution is -2.27. The summed E-state index contributed by atoms with van der Waals surface area (Å²) < 4.78 is 33.0. The van der Waals surface area contributed by atoms with Crippen LogP contribution in [0.5, 0.6) is 5.75 Å². The molecule has 20 heavy (non-hydrogen) atoms. The minimum absolute atomic E-state index is 0.121. The highest BCUT2D eigenvalue weighted by molar-refractivity contribution is 8.13. The first-order chi connectivity index (χ1) is 9.40. The minimum atomic E-state index is -3.99. The first kappa shape index (κ1) is 16.7. The van der Waals surface area contributed by atoms with Gasteiger partial charge in [0.25, 0.3) is 15.0 Å². The molecule has 0 unspecified atom stereocenters. The summed E-state index contributed by atoms with van der Waals surface area (Å²) in [5.41, 5.74) is 0.184. The van der Waals surface area contributed by atoms with Crippen molar-refractivity contribution in [3.63, 3.8) is 0 Å². The van der Waals surface area contributed by atoms with E-state index in [0.717, 1.165) is 0 Å². The van der Waals surface area contributed by atoms with E-state index in [1.807, 2.05) is 0 Å². The zero-order chi connectivity index (χ0) is 15.2. The van der Waals surface area contributed by atoms with Crippen LogP contribution in [0.25, 0.3) is 0 Å². The smallest absolute Gasteiger partial charge is 0.265 e. The number of ether oxygens (including phenoxy) is 2. The van der Waals surface area contributed by atoms with Crippen molar-refractivity contribution >= 4 is 25.6 Å². The standard InChI is InChI=1S/C12H16ClNO5S/c1-3-19-10-5-4-9(8-11(10)20(13,16)17)12(15)14-6-7-18-2/h4-5,8H,3,6-7H2,1-2H3,(H,14,15). The number of benzene rings is 1. The second-order valence-electron chi connectivity index (χ2n) is 3.78. The molecule has 1 rings (SSSR count). The van der Waals surface area contributed by atoms with Gasteiger partial charge in [0.2, 0.25) is 0 Å². The molecule has 0 bridgehead atoms. The Bertz CT molecular complexity index is 573. The summed E-state index contributed by atoms with van der Waals surface area (Å²) in [6.07, 6.45) is 0. The van der Waals surface area contributed by atoms with Gasteiger partial charge in [-0.3, -0.25) is 4.79 Å². The second kappa shape index (κ2) is 7.47. The van der Waals surface area contributed by atoms with Crippen molar-refractivity contribution in [2.24, 2.45) is 0 Å². The quantitative estimate of drug-likeness (QED) is 0.606. The number of hydrogen-bond acceptors (Lipinski definition) is 5. The van der Waals surface area contributed by atoms with Gasteiger partial charge in [-0.25, -0.2) is 8.42 Å². The Kier molecular flexibility index (Phi) is 6.25. The number of carbonyl (C=O) groups is 1. The van der Waals surface area contributed by atoms with Crippen LogP contribution in [0.3, 0.4) is 0 Å². The highest BCUT2D eigenvalue weighted by Crippen LogP contribution is 2.28. The van der Waals surface area contributed by atoms with Crippen LogP contribution < -0.4 is 10.1 Å². The number of hydrogen-bond donors (Lipinski definition) is 1. The third-order valence-electron chi connectivity index (χ3n) is 2.36. The molecule has 0 saturated carbocycles. The molecule has 0 fully saturated rings. The van der Waals surface area contributed by atoms with E-state index in [1.54, 1.807) is 6.92 Å². The van der Waals surface area contributed by atoms with Crippen molar-refractivity contribution in [3.8, 4) is 5.75 Å². The van der Waals surface area contributed by atoms with Crippen molar-refractivity contribution in [1.82, 2.24) is 5.32 Å². The Hall–Kier alpha value is -1.31. The molecule has 0 radical (unpaired) electrons. The molecule has 0 aliphatic heterocycles. The largest absolute Gasteiger partial charge is 0.492 e. The van der Waals surface area contributed by atoms with E-state index in [2.05, 4.69) is 5.32 Å². The van der Waals surface area contributed by atoms with Crippen LogP contribution in [-0.4, -0.2) is 41.2 Å². The third-order valence-corrected chi connectivity index (χ3v) is 3.70. The van der Waals surface area contributed by atoms with Crippen LogP contribution in [0.1, 0.15) is 17.3 Å². The Morgan fingerprint density at radius 3 is 2.65 bits per heavy atom. The van der Waals surface area contributed by atoms with E-state index in [-0.39, 0.29) is 16.2 Å². The first-order valence-electron chi connectivity index (χ1n) is 5.88. The fourth-order valence-electron chi connectivity index (χ4n) is 1.48. The molecule has 8 heteroatoms. The number of carbonyl (C=O) groups excluding carboxylic acids is 1. The molecule has 6 nitrogen and oxygen atoms in total. The maximum Gasteiger partial charge on any atom is 0.265 e. The highest BCUT2D eigenvalue weighted by Gasteiger charge is 2.19. The molecule has 1 aromatic carbocycles. The van der Waals surface area contributed by atoms with Crippen LogP contribution in [0.15, 0.2) is 23.1 Å². The molecule has 112 valence electrons. The third kappa shape index (κ3) is 4.66. The van der Waals surface area contributed by atoms with Crippen LogP contribution in [0, 0.1) is 0 Å². The molecule has 1 aromatic rings. The van der Waals surface area contributed by atoms with Gasteiger partial charge in [0, 0.05) is 29.9 Å². The lowest BCUT2D eigenvalue weighted by atomic mass is 10.2. The molecule has 0 heterocycles. The molecular weight excluding hydrogens is 306 g/mol.